The summed E-state index contributed by atoms with van der Waals surface area (Å²) >= 11 is 1.47. The lowest BCUT2D eigenvalue weighted by atomic mass is 10.1. The zero-order valence-electron chi connectivity index (χ0n) is 13.2. The molecule has 2 aromatic rings. The third kappa shape index (κ3) is 4.48. The molecule has 1 aliphatic rings. The van der Waals surface area contributed by atoms with Gasteiger partial charge in [-0.1, -0.05) is 37.0 Å². The van der Waals surface area contributed by atoms with Crippen molar-refractivity contribution in [3.63, 3.8) is 0 Å². The Labute approximate surface area is 139 Å². The minimum Gasteiger partial charge on any atom is -0.331 e. The van der Waals surface area contributed by atoms with Gasteiger partial charge in [0.2, 0.25) is 5.13 Å². The second-order valence-electron chi connectivity index (χ2n) is 5.96. The van der Waals surface area contributed by atoms with E-state index in [1.807, 2.05) is 19.1 Å². The van der Waals surface area contributed by atoms with Gasteiger partial charge in [-0.3, -0.25) is 10.3 Å². The summed E-state index contributed by atoms with van der Waals surface area (Å²) in [6, 6.07) is 3.41. The van der Waals surface area contributed by atoms with Gasteiger partial charge in [0.15, 0.2) is 0 Å². The SMILES string of the molecule is CC(NC(=O)Nc1nnc(CC2CCCC2)s1)c1ccncc1. The summed E-state index contributed by atoms with van der Waals surface area (Å²) in [6.45, 7) is 1.93. The van der Waals surface area contributed by atoms with E-state index in [9.17, 15) is 4.79 Å². The van der Waals surface area contributed by atoms with Crippen LogP contribution in [0.25, 0.3) is 0 Å². The maximum atomic E-state index is 12.1. The normalized spacial score (nSPS) is 16.2. The van der Waals surface area contributed by atoms with E-state index < -0.39 is 0 Å². The molecule has 2 heterocycles. The number of aromatic nitrogens is 3. The van der Waals surface area contributed by atoms with Crippen LogP contribution in [0.1, 0.15) is 49.2 Å². The van der Waals surface area contributed by atoms with Crippen molar-refractivity contribution in [2.45, 2.75) is 45.1 Å². The molecule has 1 atom stereocenters. The van der Waals surface area contributed by atoms with E-state index in [0.717, 1.165) is 22.9 Å². The number of pyridine rings is 1. The van der Waals surface area contributed by atoms with Crippen LogP contribution in [0.4, 0.5) is 9.93 Å². The van der Waals surface area contributed by atoms with Crippen LogP contribution in [0, 0.1) is 5.92 Å². The maximum Gasteiger partial charge on any atom is 0.321 e. The van der Waals surface area contributed by atoms with E-state index in [2.05, 4.69) is 25.8 Å². The van der Waals surface area contributed by atoms with Crippen LogP contribution in [0.3, 0.4) is 0 Å². The van der Waals surface area contributed by atoms with Crippen molar-refractivity contribution in [2.24, 2.45) is 5.92 Å². The zero-order valence-corrected chi connectivity index (χ0v) is 14.0. The molecule has 0 aliphatic heterocycles. The molecule has 0 spiro atoms. The molecule has 0 saturated heterocycles. The van der Waals surface area contributed by atoms with Crippen molar-refractivity contribution in [3.8, 4) is 0 Å². The molecule has 1 unspecified atom stereocenters. The molecular formula is C16H21N5OS. The Hall–Kier alpha value is -2.02. The topological polar surface area (TPSA) is 79.8 Å². The standard InChI is InChI=1S/C16H21N5OS/c1-11(13-6-8-17-9-7-13)18-15(22)19-16-21-20-14(23-16)10-12-4-2-3-5-12/h6-9,11-12H,2-5,10H2,1H3,(H2,18,19,21,22). The summed E-state index contributed by atoms with van der Waals surface area (Å²) in [6.07, 6.45) is 9.62. The number of hydrogen-bond acceptors (Lipinski definition) is 5. The first-order chi connectivity index (χ1) is 11.2. The Morgan fingerprint density at radius 2 is 2.04 bits per heavy atom. The van der Waals surface area contributed by atoms with E-state index in [-0.39, 0.29) is 12.1 Å². The van der Waals surface area contributed by atoms with Gasteiger partial charge in [-0.25, -0.2) is 4.79 Å². The average Bonchev–Trinajstić information content (AvgIpc) is 3.21. The number of carbonyl (C=O) groups is 1. The van der Waals surface area contributed by atoms with Gasteiger partial charge < -0.3 is 5.32 Å². The molecule has 1 aliphatic carbocycles. The molecule has 122 valence electrons. The van der Waals surface area contributed by atoms with Gasteiger partial charge in [0.05, 0.1) is 6.04 Å². The average molecular weight is 331 g/mol. The second kappa shape index (κ2) is 7.50. The lowest BCUT2D eigenvalue weighted by molar-refractivity contribution is 0.249. The molecule has 0 aromatic carbocycles. The molecule has 2 aromatic heterocycles. The van der Waals surface area contributed by atoms with Crippen LogP contribution in [0.2, 0.25) is 0 Å². The quantitative estimate of drug-likeness (QED) is 0.878. The molecule has 2 amide bonds. The zero-order chi connectivity index (χ0) is 16.1. The number of carbonyl (C=O) groups excluding carboxylic acids is 1. The van der Waals surface area contributed by atoms with Crippen LogP contribution in [0.5, 0.6) is 0 Å². The van der Waals surface area contributed by atoms with Crippen molar-refractivity contribution in [3.05, 3.63) is 35.1 Å². The first-order valence-electron chi connectivity index (χ1n) is 8.00. The number of amides is 2. The smallest absolute Gasteiger partial charge is 0.321 e. The molecule has 0 radical (unpaired) electrons. The fourth-order valence-electron chi connectivity index (χ4n) is 2.91. The molecular weight excluding hydrogens is 310 g/mol. The molecule has 6 nitrogen and oxygen atoms in total. The highest BCUT2D eigenvalue weighted by molar-refractivity contribution is 7.15. The number of anilines is 1. The third-order valence-corrected chi connectivity index (χ3v) is 5.04. The van der Waals surface area contributed by atoms with Crippen LogP contribution >= 0.6 is 11.3 Å². The van der Waals surface area contributed by atoms with Gasteiger partial charge in [0, 0.05) is 18.8 Å². The first-order valence-corrected chi connectivity index (χ1v) is 8.82. The molecule has 2 N–H and O–H groups in total. The van der Waals surface area contributed by atoms with Gasteiger partial charge in [0.25, 0.3) is 0 Å². The second-order valence-corrected chi connectivity index (χ2v) is 7.02. The monoisotopic (exact) mass is 331 g/mol. The predicted molar refractivity (Wildman–Crippen MR) is 90.4 cm³/mol. The Bertz CT molecular complexity index is 639. The van der Waals surface area contributed by atoms with Gasteiger partial charge in [-0.05, 0) is 30.5 Å². The Balaban J connectivity index is 1.50. The largest absolute Gasteiger partial charge is 0.331 e. The molecule has 23 heavy (non-hydrogen) atoms. The van der Waals surface area contributed by atoms with Crippen molar-refractivity contribution in [1.82, 2.24) is 20.5 Å². The lowest BCUT2D eigenvalue weighted by Gasteiger charge is -2.13. The van der Waals surface area contributed by atoms with E-state index in [4.69, 9.17) is 0 Å². The number of urea groups is 1. The van der Waals surface area contributed by atoms with Crippen LogP contribution in [-0.2, 0) is 6.42 Å². The van der Waals surface area contributed by atoms with Gasteiger partial charge in [0.1, 0.15) is 5.01 Å². The number of nitrogens with one attached hydrogen (secondary N) is 2. The Morgan fingerprint density at radius 3 is 2.78 bits per heavy atom. The van der Waals surface area contributed by atoms with Gasteiger partial charge in [-0.2, -0.15) is 0 Å². The maximum absolute atomic E-state index is 12.1. The molecule has 1 fully saturated rings. The molecule has 0 bridgehead atoms. The number of hydrogen-bond donors (Lipinski definition) is 2. The lowest BCUT2D eigenvalue weighted by Crippen LogP contribution is -2.31. The highest BCUT2D eigenvalue weighted by atomic mass is 32.1. The first kappa shape index (κ1) is 15.9. The third-order valence-electron chi connectivity index (χ3n) is 4.18. The Morgan fingerprint density at radius 1 is 1.30 bits per heavy atom. The molecule has 3 rings (SSSR count). The summed E-state index contributed by atoms with van der Waals surface area (Å²) in [7, 11) is 0. The van der Waals surface area contributed by atoms with Crippen LogP contribution < -0.4 is 10.6 Å². The summed E-state index contributed by atoms with van der Waals surface area (Å²) in [5.41, 5.74) is 1.01. The van der Waals surface area contributed by atoms with E-state index in [0.29, 0.717) is 5.13 Å². The molecule has 7 heteroatoms. The summed E-state index contributed by atoms with van der Waals surface area (Å²) in [5.74, 6) is 0.733. The summed E-state index contributed by atoms with van der Waals surface area (Å²) in [5, 5.41) is 15.5. The number of rotatable bonds is 5. The molecule has 1 saturated carbocycles. The summed E-state index contributed by atoms with van der Waals surface area (Å²) < 4.78 is 0. The highest BCUT2D eigenvalue weighted by Gasteiger charge is 2.18. The highest BCUT2D eigenvalue weighted by Crippen LogP contribution is 2.29. The van der Waals surface area contributed by atoms with Crippen molar-refractivity contribution in [1.29, 1.82) is 0 Å². The minimum atomic E-state index is -0.266. The van der Waals surface area contributed by atoms with E-state index >= 15 is 0 Å². The van der Waals surface area contributed by atoms with Crippen LogP contribution in [0.15, 0.2) is 24.5 Å². The van der Waals surface area contributed by atoms with Gasteiger partial charge in [-0.15, -0.1) is 10.2 Å². The fraction of sp³-hybridized carbons (Fsp3) is 0.500. The predicted octanol–water partition coefficient (Wildman–Crippen LogP) is 3.55. The van der Waals surface area contributed by atoms with Crippen molar-refractivity contribution >= 4 is 22.5 Å². The van der Waals surface area contributed by atoms with Crippen LogP contribution in [-0.4, -0.2) is 21.2 Å². The Kier molecular flexibility index (Phi) is 5.17. The van der Waals surface area contributed by atoms with Gasteiger partial charge >= 0.3 is 6.03 Å². The minimum absolute atomic E-state index is 0.0936. The number of nitrogens with zero attached hydrogens (tertiary/aromatic N) is 3. The fourth-order valence-corrected chi connectivity index (χ4v) is 3.76. The van der Waals surface area contributed by atoms with E-state index in [1.54, 1.807) is 12.4 Å². The summed E-state index contributed by atoms with van der Waals surface area (Å²) in [4.78, 5) is 16.0. The van der Waals surface area contributed by atoms with Crippen molar-refractivity contribution < 1.29 is 4.79 Å². The van der Waals surface area contributed by atoms with E-state index in [1.165, 1.54) is 37.0 Å². The van der Waals surface area contributed by atoms with Crippen molar-refractivity contribution in [2.75, 3.05) is 5.32 Å².